The smallest absolute Gasteiger partial charge is 0.349 e. The Morgan fingerprint density at radius 2 is 1.81 bits per heavy atom. The second-order valence-corrected chi connectivity index (χ2v) is 6.11. The van der Waals surface area contributed by atoms with Crippen LogP contribution in [0.5, 0.6) is 0 Å². The molecule has 2 rings (SSSR count). The number of hydrogen-bond donors (Lipinski definition) is 2. The van der Waals surface area contributed by atoms with Crippen molar-refractivity contribution in [2.75, 3.05) is 5.32 Å². The van der Waals surface area contributed by atoms with Crippen LogP contribution in [0.2, 0.25) is 5.02 Å². The molecule has 1 heterocycles. The second-order valence-electron chi connectivity index (χ2n) is 5.70. The van der Waals surface area contributed by atoms with Crippen LogP contribution in [0.3, 0.4) is 0 Å². The minimum Gasteiger partial charge on any atom is -0.349 e. The SMILES string of the molecule is CC(C)NC(=O)c1cc(C(=O)Nc2ccc(Cl)c(C(F)(F)F)c2)ccn1. The molecule has 9 heteroatoms. The molecule has 2 amide bonds. The summed E-state index contributed by atoms with van der Waals surface area (Å²) in [7, 11) is 0. The number of nitrogens with one attached hydrogen (secondary N) is 2. The minimum atomic E-state index is -4.64. The van der Waals surface area contributed by atoms with Gasteiger partial charge < -0.3 is 10.6 Å². The van der Waals surface area contributed by atoms with E-state index in [0.29, 0.717) is 0 Å². The molecule has 5 nitrogen and oxygen atoms in total. The van der Waals surface area contributed by atoms with Gasteiger partial charge in [-0.1, -0.05) is 11.6 Å². The number of benzene rings is 1. The topological polar surface area (TPSA) is 71.1 Å². The number of hydrogen-bond acceptors (Lipinski definition) is 3. The summed E-state index contributed by atoms with van der Waals surface area (Å²) in [5.74, 6) is -1.14. The highest BCUT2D eigenvalue weighted by molar-refractivity contribution is 6.31. The fourth-order valence-corrected chi connectivity index (χ4v) is 2.28. The molecule has 0 unspecified atom stereocenters. The number of carbonyl (C=O) groups excluding carboxylic acids is 2. The zero-order valence-corrected chi connectivity index (χ0v) is 14.6. The Balaban J connectivity index is 2.22. The van der Waals surface area contributed by atoms with Crippen LogP contribution < -0.4 is 10.6 Å². The first-order chi connectivity index (χ1) is 12.1. The van der Waals surface area contributed by atoms with Crippen LogP contribution in [0.4, 0.5) is 18.9 Å². The Hall–Kier alpha value is -2.61. The number of halogens is 4. The van der Waals surface area contributed by atoms with Crippen LogP contribution >= 0.6 is 11.6 Å². The third-order valence-corrected chi connectivity index (χ3v) is 3.53. The van der Waals surface area contributed by atoms with Crippen LogP contribution in [0.1, 0.15) is 40.3 Å². The van der Waals surface area contributed by atoms with Gasteiger partial charge in [0.15, 0.2) is 0 Å². The molecule has 138 valence electrons. The Kier molecular flexibility index (Phi) is 5.86. The summed E-state index contributed by atoms with van der Waals surface area (Å²) >= 11 is 5.55. The van der Waals surface area contributed by atoms with E-state index in [1.165, 1.54) is 24.4 Å². The molecule has 0 aliphatic carbocycles. The van der Waals surface area contributed by atoms with Crippen molar-refractivity contribution in [3.8, 4) is 0 Å². The third kappa shape index (κ3) is 4.95. The molecular weight excluding hydrogens is 371 g/mol. The first-order valence-electron chi connectivity index (χ1n) is 7.53. The van der Waals surface area contributed by atoms with E-state index in [0.717, 1.165) is 12.1 Å². The van der Waals surface area contributed by atoms with Gasteiger partial charge in [-0.3, -0.25) is 14.6 Å². The average molecular weight is 386 g/mol. The molecule has 2 N–H and O–H groups in total. The van der Waals surface area contributed by atoms with Crippen LogP contribution in [-0.2, 0) is 6.18 Å². The maximum absolute atomic E-state index is 12.9. The van der Waals surface area contributed by atoms with E-state index in [1.54, 1.807) is 13.8 Å². The fraction of sp³-hybridized carbons (Fsp3) is 0.235. The molecule has 0 aliphatic rings. The molecule has 26 heavy (non-hydrogen) atoms. The lowest BCUT2D eigenvalue weighted by Crippen LogP contribution is -2.31. The summed E-state index contributed by atoms with van der Waals surface area (Å²) in [6.07, 6.45) is -3.37. The number of carbonyl (C=O) groups is 2. The van der Waals surface area contributed by atoms with Gasteiger partial charge in [0.25, 0.3) is 11.8 Å². The Labute approximate surface area is 152 Å². The lowest BCUT2D eigenvalue weighted by atomic mass is 10.1. The van der Waals surface area contributed by atoms with Crippen LogP contribution in [0.25, 0.3) is 0 Å². The summed E-state index contributed by atoms with van der Waals surface area (Å²) in [5, 5.41) is 4.51. The van der Waals surface area contributed by atoms with E-state index in [1.807, 2.05) is 0 Å². The van der Waals surface area contributed by atoms with Gasteiger partial charge in [-0.15, -0.1) is 0 Å². The average Bonchev–Trinajstić information content (AvgIpc) is 2.55. The van der Waals surface area contributed by atoms with Gasteiger partial charge in [-0.2, -0.15) is 13.2 Å². The Morgan fingerprint density at radius 1 is 1.12 bits per heavy atom. The van der Waals surface area contributed by atoms with E-state index in [9.17, 15) is 22.8 Å². The molecule has 0 fully saturated rings. The number of aromatic nitrogens is 1. The van der Waals surface area contributed by atoms with Gasteiger partial charge in [0.05, 0.1) is 10.6 Å². The summed E-state index contributed by atoms with van der Waals surface area (Å²) in [4.78, 5) is 28.1. The zero-order chi connectivity index (χ0) is 19.5. The van der Waals surface area contributed by atoms with Gasteiger partial charge in [0, 0.05) is 23.5 Å². The van der Waals surface area contributed by atoms with Gasteiger partial charge in [-0.05, 0) is 44.2 Å². The second kappa shape index (κ2) is 7.74. The van der Waals surface area contributed by atoms with Crippen molar-refractivity contribution in [3.05, 3.63) is 58.4 Å². The largest absolute Gasteiger partial charge is 0.417 e. The normalized spacial score (nSPS) is 11.3. The van der Waals surface area contributed by atoms with Crippen molar-refractivity contribution >= 4 is 29.1 Å². The quantitative estimate of drug-likeness (QED) is 0.830. The molecule has 1 aromatic heterocycles. The van der Waals surface area contributed by atoms with Crippen molar-refractivity contribution in [1.82, 2.24) is 10.3 Å². The molecule has 0 saturated carbocycles. The highest BCUT2D eigenvalue weighted by atomic mass is 35.5. The lowest BCUT2D eigenvalue weighted by molar-refractivity contribution is -0.137. The van der Waals surface area contributed by atoms with Gasteiger partial charge in [-0.25, -0.2) is 0 Å². The predicted octanol–water partition coefficient (Wildman–Crippen LogP) is 4.14. The number of pyridine rings is 1. The molecule has 0 radical (unpaired) electrons. The van der Waals surface area contributed by atoms with Crippen molar-refractivity contribution < 1.29 is 22.8 Å². The maximum atomic E-state index is 12.9. The first kappa shape index (κ1) is 19.7. The van der Waals surface area contributed by atoms with E-state index in [-0.39, 0.29) is 23.0 Å². The summed E-state index contributed by atoms with van der Waals surface area (Å²) in [6.45, 7) is 3.54. The van der Waals surface area contributed by atoms with Gasteiger partial charge >= 0.3 is 6.18 Å². The molecule has 0 saturated heterocycles. The first-order valence-corrected chi connectivity index (χ1v) is 7.90. The van der Waals surface area contributed by atoms with Crippen LogP contribution in [-0.4, -0.2) is 22.8 Å². The van der Waals surface area contributed by atoms with E-state index < -0.39 is 28.6 Å². The summed E-state index contributed by atoms with van der Waals surface area (Å²) in [5.41, 5.74) is -1.02. The molecule has 2 aromatic rings. The Morgan fingerprint density at radius 3 is 2.42 bits per heavy atom. The number of rotatable bonds is 4. The van der Waals surface area contributed by atoms with Gasteiger partial charge in [0.1, 0.15) is 5.69 Å². The van der Waals surface area contributed by atoms with Crippen molar-refractivity contribution in [2.24, 2.45) is 0 Å². The zero-order valence-electron chi connectivity index (χ0n) is 13.8. The highest BCUT2D eigenvalue weighted by Crippen LogP contribution is 2.36. The lowest BCUT2D eigenvalue weighted by Gasteiger charge is -2.12. The van der Waals surface area contributed by atoms with Crippen molar-refractivity contribution in [2.45, 2.75) is 26.1 Å². The van der Waals surface area contributed by atoms with Crippen molar-refractivity contribution in [1.29, 1.82) is 0 Å². The van der Waals surface area contributed by atoms with E-state index in [2.05, 4.69) is 15.6 Å². The van der Waals surface area contributed by atoms with E-state index in [4.69, 9.17) is 11.6 Å². The van der Waals surface area contributed by atoms with Crippen LogP contribution in [0, 0.1) is 0 Å². The Bertz CT molecular complexity index is 838. The number of amides is 2. The highest BCUT2D eigenvalue weighted by Gasteiger charge is 2.33. The monoisotopic (exact) mass is 385 g/mol. The standard InChI is InChI=1S/C17H15ClF3N3O2/c1-9(2)23-16(26)14-7-10(5-6-22-14)15(25)24-11-3-4-13(18)12(8-11)17(19,20)21/h3-9H,1-2H3,(H,23,26)(H,24,25). The van der Waals surface area contributed by atoms with Gasteiger partial charge in [0.2, 0.25) is 0 Å². The summed E-state index contributed by atoms with van der Waals surface area (Å²) in [6, 6.07) is 5.54. The minimum absolute atomic E-state index is 0.0263. The fourth-order valence-electron chi connectivity index (χ4n) is 2.06. The molecule has 0 atom stereocenters. The third-order valence-electron chi connectivity index (χ3n) is 3.20. The number of anilines is 1. The molecule has 0 spiro atoms. The summed E-state index contributed by atoms with van der Waals surface area (Å²) < 4.78 is 38.7. The predicted molar refractivity (Wildman–Crippen MR) is 91.2 cm³/mol. The number of nitrogens with zero attached hydrogens (tertiary/aromatic N) is 1. The number of alkyl halides is 3. The maximum Gasteiger partial charge on any atom is 0.417 e. The molecular formula is C17H15ClF3N3O2. The molecule has 0 bridgehead atoms. The molecule has 1 aromatic carbocycles. The van der Waals surface area contributed by atoms with Crippen LogP contribution in [0.15, 0.2) is 36.5 Å². The van der Waals surface area contributed by atoms with E-state index >= 15 is 0 Å². The van der Waals surface area contributed by atoms with Crippen molar-refractivity contribution in [3.63, 3.8) is 0 Å². The molecule has 0 aliphatic heterocycles.